The van der Waals surface area contributed by atoms with Crippen molar-refractivity contribution in [3.8, 4) is 0 Å². The maximum Gasteiger partial charge on any atom is 0.272 e. The third-order valence-electron chi connectivity index (χ3n) is 3.35. The van der Waals surface area contributed by atoms with Crippen LogP contribution in [0.15, 0.2) is 58.1 Å². The molecule has 0 saturated carbocycles. The Hall–Kier alpha value is -3.28. The monoisotopic (exact) mass is 326 g/mol. The summed E-state index contributed by atoms with van der Waals surface area (Å²) in [7, 11) is 0. The lowest BCUT2D eigenvalue weighted by Crippen LogP contribution is -2.46. The molecule has 0 unspecified atom stereocenters. The zero-order chi connectivity index (χ0) is 17.1. The molecule has 0 spiro atoms. The van der Waals surface area contributed by atoms with E-state index in [1.807, 2.05) is 0 Å². The smallest absolute Gasteiger partial charge is 0.272 e. The number of rotatable bonds is 2. The van der Waals surface area contributed by atoms with Gasteiger partial charge in [0.15, 0.2) is 0 Å². The first-order valence-electron chi connectivity index (χ1n) is 7.08. The molecule has 3 rings (SSSR count). The van der Waals surface area contributed by atoms with Gasteiger partial charge < -0.3 is 9.97 Å². The topological polar surface area (TPSA) is 65.7 Å². The van der Waals surface area contributed by atoms with Gasteiger partial charge in [0, 0.05) is 0 Å². The molecule has 4 nitrogen and oxygen atoms in total. The van der Waals surface area contributed by atoms with E-state index in [-0.39, 0.29) is 10.7 Å². The summed E-state index contributed by atoms with van der Waals surface area (Å²) in [5, 5.41) is 0.116. The molecule has 0 fully saturated rings. The van der Waals surface area contributed by atoms with Gasteiger partial charge in [-0.25, -0.2) is 8.78 Å². The fourth-order valence-corrected chi connectivity index (χ4v) is 2.15. The average Bonchev–Trinajstić information content (AvgIpc) is 2.56. The van der Waals surface area contributed by atoms with Crippen LogP contribution in [0, 0.1) is 11.6 Å². The number of aromatic nitrogens is 2. The Labute approximate surface area is 134 Å². The molecule has 2 N–H and O–H groups in total. The molecule has 24 heavy (non-hydrogen) atoms. The number of hydrogen-bond donors (Lipinski definition) is 2. The zero-order valence-corrected chi connectivity index (χ0v) is 12.3. The summed E-state index contributed by atoms with van der Waals surface area (Å²) in [6.45, 7) is 0. The van der Waals surface area contributed by atoms with Crippen LogP contribution in [0.3, 0.4) is 0 Å². The minimum atomic E-state index is -0.493. The summed E-state index contributed by atoms with van der Waals surface area (Å²) in [6.07, 6.45) is 2.89. The molecule has 0 radical (unpaired) electrons. The molecule has 0 aliphatic heterocycles. The van der Waals surface area contributed by atoms with Crippen LogP contribution in [0.5, 0.6) is 0 Å². The van der Waals surface area contributed by atoms with Crippen molar-refractivity contribution in [2.45, 2.75) is 0 Å². The predicted molar refractivity (Wildman–Crippen MR) is 86.9 cm³/mol. The molecule has 0 saturated heterocycles. The number of benzene rings is 2. The van der Waals surface area contributed by atoms with Gasteiger partial charge in [-0.3, -0.25) is 9.59 Å². The highest BCUT2D eigenvalue weighted by Gasteiger charge is 1.98. The molecule has 6 heteroatoms. The Bertz CT molecular complexity index is 1000. The minimum absolute atomic E-state index is 0.0582. The molecule has 0 amide bonds. The van der Waals surface area contributed by atoms with Gasteiger partial charge in [0.25, 0.3) is 11.1 Å². The summed E-state index contributed by atoms with van der Waals surface area (Å²) < 4.78 is 25.8. The number of aromatic amines is 2. The first-order valence-corrected chi connectivity index (χ1v) is 7.08. The molecule has 0 aliphatic rings. The maximum absolute atomic E-state index is 12.9. The highest BCUT2D eigenvalue weighted by Crippen LogP contribution is 2.03. The van der Waals surface area contributed by atoms with E-state index in [9.17, 15) is 18.4 Å². The first kappa shape index (κ1) is 15.6. The molecule has 0 aliphatic carbocycles. The molecule has 0 atom stereocenters. The van der Waals surface area contributed by atoms with Crippen LogP contribution in [0.25, 0.3) is 12.2 Å². The Morgan fingerprint density at radius 1 is 0.625 bits per heavy atom. The number of nitrogens with one attached hydrogen (secondary N) is 2. The molecule has 0 bridgehead atoms. The van der Waals surface area contributed by atoms with Gasteiger partial charge in [-0.2, -0.15) is 0 Å². The quantitative estimate of drug-likeness (QED) is 0.738. The van der Waals surface area contributed by atoms with Crippen molar-refractivity contribution in [3.63, 3.8) is 0 Å². The van der Waals surface area contributed by atoms with Crippen LogP contribution in [-0.4, -0.2) is 9.97 Å². The second kappa shape index (κ2) is 6.45. The Morgan fingerprint density at radius 3 is 1.29 bits per heavy atom. The van der Waals surface area contributed by atoms with Gasteiger partial charge in [-0.15, -0.1) is 0 Å². The van der Waals surface area contributed by atoms with Gasteiger partial charge in [0.2, 0.25) is 0 Å². The lowest BCUT2D eigenvalue weighted by molar-refractivity contribution is 0.627. The van der Waals surface area contributed by atoms with Gasteiger partial charge in [-0.05, 0) is 47.5 Å². The number of hydrogen-bond acceptors (Lipinski definition) is 2. The average molecular weight is 326 g/mol. The van der Waals surface area contributed by atoms with Crippen molar-refractivity contribution in [2.24, 2.45) is 0 Å². The van der Waals surface area contributed by atoms with Gasteiger partial charge in [0.1, 0.15) is 22.3 Å². The van der Waals surface area contributed by atoms with E-state index < -0.39 is 22.8 Å². The van der Waals surface area contributed by atoms with Crippen LogP contribution < -0.4 is 21.8 Å². The van der Waals surface area contributed by atoms with E-state index in [4.69, 9.17) is 0 Å². The number of H-pyrrole nitrogens is 2. The zero-order valence-electron chi connectivity index (χ0n) is 12.3. The Morgan fingerprint density at radius 2 is 0.958 bits per heavy atom. The Kier molecular flexibility index (Phi) is 4.20. The van der Waals surface area contributed by atoms with Crippen molar-refractivity contribution >= 4 is 12.2 Å². The maximum atomic E-state index is 12.9. The van der Waals surface area contributed by atoms with E-state index in [1.165, 1.54) is 60.7 Å². The van der Waals surface area contributed by atoms with Crippen molar-refractivity contribution in [1.82, 2.24) is 9.97 Å². The molecule has 1 heterocycles. The summed E-state index contributed by atoms with van der Waals surface area (Å²) in [5.74, 6) is -0.780. The molecule has 120 valence electrons. The van der Waals surface area contributed by atoms with E-state index in [1.54, 1.807) is 0 Å². The summed E-state index contributed by atoms with van der Waals surface area (Å²) in [6, 6.07) is 11.0. The minimum Gasteiger partial charge on any atom is -0.316 e. The normalized spacial score (nSPS) is 12.6. The van der Waals surface area contributed by atoms with E-state index >= 15 is 0 Å². The van der Waals surface area contributed by atoms with Gasteiger partial charge in [0.05, 0.1) is 0 Å². The molecule has 2 aromatic carbocycles. The summed E-state index contributed by atoms with van der Waals surface area (Å²) >= 11 is 0. The van der Waals surface area contributed by atoms with Gasteiger partial charge >= 0.3 is 0 Å². The fraction of sp³-hybridized carbons (Fsp3) is 0. The Balaban J connectivity index is 2.09. The van der Waals surface area contributed by atoms with Crippen molar-refractivity contribution < 1.29 is 8.78 Å². The summed E-state index contributed by atoms with van der Waals surface area (Å²) in [4.78, 5) is 29.2. The molecule has 1 aromatic heterocycles. The highest BCUT2D eigenvalue weighted by atomic mass is 19.1. The van der Waals surface area contributed by atoms with Crippen molar-refractivity contribution in [1.29, 1.82) is 0 Å². The van der Waals surface area contributed by atoms with Gasteiger partial charge in [-0.1, -0.05) is 24.3 Å². The lowest BCUT2D eigenvalue weighted by Gasteiger charge is -1.95. The third kappa shape index (κ3) is 3.55. The second-order valence-corrected chi connectivity index (χ2v) is 5.13. The summed E-state index contributed by atoms with van der Waals surface area (Å²) in [5.41, 5.74) is 0.167. The van der Waals surface area contributed by atoms with Crippen molar-refractivity contribution in [2.75, 3.05) is 0 Å². The second-order valence-electron chi connectivity index (χ2n) is 5.13. The molecule has 3 aromatic rings. The van der Waals surface area contributed by atoms with Crippen LogP contribution in [-0.2, 0) is 0 Å². The van der Waals surface area contributed by atoms with E-state index in [0.29, 0.717) is 11.1 Å². The van der Waals surface area contributed by atoms with Crippen molar-refractivity contribution in [3.05, 3.63) is 103 Å². The third-order valence-corrected chi connectivity index (χ3v) is 3.35. The standard InChI is InChI=1S/C18H12F2N2O2/c19-13-5-1-11(2-6-13)9-15-17(23)22-16(18(24)21-15)10-12-3-7-14(20)8-4-12/h1-10H,(H,21,24)(H,22,23)/b15-9-,16-10+. The lowest BCUT2D eigenvalue weighted by atomic mass is 10.2. The fourth-order valence-electron chi connectivity index (χ4n) is 2.15. The van der Waals surface area contributed by atoms with E-state index in [2.05, 4.69) is 9.97 Å². The van der Waals surface area contributed by atoms with Crippen LogP contribution in [0.1, 0.15) is 11.1 Å². The highest BCUT2D eigenvalue weighted by molar-refractivity contribution is 5.49. The van der Waals surface area contributed by atoms with Crippen LogP contribution >= 0.6 is 0 Å². The SMILES string of the molecule is O=c1[nH]/c(=C/c2ccc(F)cc2)c(=O)[nH]/c1=C\c1ccc(F)cc1. The van der Waals surface area contributed by atoms with Crippen LogP contribution in [0.2, 0.25) is 0 Å². The predicted octanol–water partition coefficient (Wildman–Crippen LogP) is 0.999. The molecular formula is C18H12F2N2O2. The van der Waals surface area contributed by atoms with E-state index in [0.717, 1.165) is 0 Å². The first-order chi connectivity index (χ1) is 11.5. The van der Waals surface area contributed by atoms with Crippen LogP contribution in [0.4, 0.5) is 8.78 Å². The molecular weight excluding hydrogens is 314 g/mol. The largest absolute Gasteiger partial charge is 0.316 e. The number of halogens is 2.